The topological polar surface area (TPSA) is 89.9 Å². The van der Waals surface area contributed by atoms with Crippen molar-refractivity contribution in [3.63, 3.8) is 0 Å². The third kappa shape index (κ3) is 2.93. The summed E-state index contributed by atoms with van der Waals surface area (Å²) in [5, 5.41) is 13.2. The second-order valence-corrected chi connectivity index (χ2v) is 4.22. The first-order valence-corrected chi connectivity index (χ1v) is 5.86. The summed E-state index contributed by atoms with van der Waals surface area (Å²) in [4.78, 5) is 4.18. The molecule has 7 heteroatoms. The Labute approximate surface area is 96.9 Å². The van der Waals surface area contributed by atoms with Crippen LogP contribution in [-0.4, -0.2) is 21.7 Å². The van der Waals surface area contributed by atoms with Crippen molar-refractivity contribution in [2.24, 2.45) is 0 Å². The Kier molecular flexibility index (Phi) is 3.35. The fraction of sp³-hybridized carbons (Fsp3) is 0.444. The van der Waals surface area contributed by atoms with E-state index < -0.39 is 0 Å². The summed E-state index contributed by atoms with van der Waals surface area (Å²) in [6.45, 7) is 2.54. The lowest BCUT2D eigenvalue weighted by atomic mass is 10.2. The van der Waals surface area contributed by atoms with Gasteiger partial charge in [-0.05, 0) is 12.8 Å². The van der Waals surface area contributed by atoms with Crippen molar-refractivity contribution < 1.29 is 4.42 Å². The molecule has 6 nitrogen and oxygen atoms in total. The predicted octanol–water partition coefficient (Wildman–Crippen LogP) is 1.46. The van der Waals surface area contributed by atoms with Crippen LogP contribution in [0.2, 0.25) is 0 Å². The lowest BCUT2D eigenvalue weighted by Gasteiger charge is -1.99. The molecule has 0 atom stereocenters. The maximum atomic E-state index is 5.54. The van der Waals surface area contributed by atoms with Gasteiger partial charge in [-0.1, -0.05) is 5.10 Å². The molecule has 16 heavy (non-hydrogen) atoms. The number of aryl methyl sites for hydroxylation is 2. The summed E-state index contributed by atoms with van der Waals surface area (Å²) in [5.41, 5.74) is 6.57. The van der Waals surface area contributed by atoms with Gasteiger partial charge in [0.05, 0.1) is 5.69 Å². The normalized spacial score (nSPS) is 10.6. The summed E-state index contributed by atoms with van der Waals surface area (Å²) in [6.07, 6.45) is 1.85. The van der Waals surface area contributed by atoms with Crippen LogP contribution in [0.5, 0.6) is 0 Å². The van der Waals surface area contributed by atoms with Crippen molar-refractivity contribution in [2.75, 3.05) is 17.6 Å². The second-order valence-electron chi connectivity index (χ2n) is 3.33. The van der Waals surface area contributed by atoms with Crippen LogP contribution in [0, 0.1) is 6.92 Å². The van der Waals surface area contributed by atoms with Crippen molar-refractivity contribution >= 4 is 22.5 Å². The largest absolute Gasteiger partial charge is 0.408 e. The first-order chi connectivity index (χ1) is 7.74. The van der Waals surface area contributed by atoms with E-state index in [1.54, 1.807) is 6.92 Å². The van der Waals surface area contributed by atoms with E-state index in [0.717, 1.165) is 25.1 Å². The third-order valence-corrected chi connectivity index (χ3v) is 2.70. The van der Waals surface area contributed by atoms with E-state index in [-0.39, 0.29) is 0 Å². The van der Waals surface area contributed by atoms with E-state index in [1.807, 2.05) is 5.38 Å². The molecule has 86 valence electrons. The lowest BCUT2D eigenvalue weighted by Crippen LogP contribution is -2.03. The molecule has 0 radical (unpaired) electrons. The van der Waals surface area contributed by atoms with Crippen molar-refractivity contribution in [1.82, 2.24) is 15.2 Å². The highest BCUT2D eigenvalue weighted by Crippen LogP contribution is 2.12. The molecular formula is C9H13N5OS. The summed E-state index contributed by atoms with van der Waals surface area (Å²) in [6, 6.07) is 0.468. The fourth-order valence-electron chi connectivity index (χ4n) is 1.27. The Morgan fingerprint density at radius 3 is 3.00 bits per heavy atom. The van der Waals surface area contributed by atoms with Gasteiger partial charge < -0.3 is 15.5 Å². The van der Waals surface area contributed by atoms with Gasteiger partial charge in [-0.25, -0.2) is 4.98 Å². The van der Waals surface area contributed by atoms with Crippen LogP contribution >= 0.6 is 11.3 Å². The summed E-state index contributed by atoms with van der Waals surface area (Å²) < 4.78 is 5.17. The molecule has 0 aliphatic carbocycles. The highest BCUT2D eigenvalue weighted by Gasteiger charge is 2.01. The summed E-state index contributed by atoms with van der Waals surface area (Å²) in [5.74, 6) is 0.565. The van der Waals surface area contributed by atoms with Crippen LogP contribution in [-0.2, 0) is 6.42 Å². The zero-order valence-electron chi connectivity index (χ0n) is 8.93. The molecule has 2 rings (SSSR count). The van der Waals surface area contributed by atoms with Crippen LogP contribution in [0.25, 0.3) is 0 Å². The predicted molar refractivity (Wildman–Crippen MR) is 62.4 cm³/mol. The minimum Gasteiger partial charge on any atom is -0.408 e. The molecule has 0 amide bonds. The van der Waals surface area contributed by atoms with Gasteiger partial charge in [-0.2, -0.15) is 0 Å². The number of aromatic nitrogens is 3. The van der Waals surface area contributed by atoms with E-state index in [9.17, 15) is 0 Å². The van der Waals surface area contributed by atoms with Crippen LogP contribution in [0.15, 0.2) is 9.80 Å². The Bertz CT molecular complexity index is 410. The molecule has 0 bridgehead atoms. The van der Waals surface area contributed by atoms with Crippen LogP contribution in [0.3, 0.4) is 0 Å². The first kappa shape index (κ1) is 10.9. The van der Waals surface area contributed by atoms with Crippen molar-refractivity contribution in [1.29, 1.82) is 0 Å². The van der Waals surface area contributed by atoms with Gasteiger partial charge in [-0.3, -0.25) is 0 Å². The molecule has 0 saturated heterocycles. The van der Waals surface area contributed by atoms with Gasteiger partial charge in [0.25, 0.3) is 0 Å². The highest BCUT2D eigenvalue weighted by molar-refractivity contribution is 7.13. The molecule has 2 heterocycles. The number of nitrogen functional groups attached to an aromatic ring is 1. The van der Waals surface area contributed by atoms with E-state index in [4.69, 9.17) is 10.2 Å². The van der Waals surface area contributed by atoms with E-state index in [0.29, 0.717) is 17.0 Å². The van der Waals surface area contributed by atoms with Crippen LogP contribution in [0.1, 0.15) is 18.0 Å². The fourth-order valence-corrected chi connectivity index (χ4v) is 1.87. The number of nitrogens with zero attached hydrogens (tertiary/aromatic N) is 3. The Morgan fingerprint density at radius 1 is 1.50 bits per heavy atom. The van der Waals surface area contributed by atoms with Gasteiger partial charge in [0, 0.05) is 18.8 Å². The van der Waals surface area contributed by atoms with Crippen molar-refractivity contribution in [2.45, 2.75) is 19.8 Å². The maximum Gasteiger partial charge on any atom is 0.315 e. The molecule has 0 unspecified atom stereocenters. The average molecular weight is 239 g/mol. The standard InChI is InChI=1S/C9H13N5OS/c1-6-13-14-9(15-6)11-4-2-3-7-5-16-8(10)12-7/h5H,2-4H2,1H3,(H2,10,12)(H,11,14). The summed E-state index contributed by atoms with van der Waals surface area (Å²) >= 11 is 1.47. The number of anilines is 2. The number of nitrogens with two attached hydrogens (primary N) is 1. The number of thiazole rings is 1. The Balaban J connectivity index is 1.69. The molecule has 2 aromatic rings. The smallest absolute Gasteiger partial charge is 0.315 e. The Hall–Kier alpha value is -1.63. The van der Waals surface area contributed by atoms with Crippen molar-refractivity contribution in [3.8, 4) is 0 Å². The highest BCUT2D eigenvalue weighted by atomic mass is 32.1. The van der Waals surface area contributed by atoms with Gasteiger partial charge in [-0.15, -0.1) is 16.4 Å². The number of rotatable bonds is 5. The summed E-state index contributed by atoms with van der Waals surface area (Å²) in [7, 11) is 0. The first-order valence-electron chi connectivity index (χ1n) is 4.98. The van der Waals surface area contributed by atoms with E-state index in [2.05, 4.69) is 20.5 Å². The SMILES string of the molecule is Cc1nnc(NCCCc2csc(N)n2)o1. The van der Waals surface area contributed by atoms with Gasteiger partial charge in [0.15, 0.2) is 5.13 Å². The van der Waals surface area contributed by atoms with Crippen LogP contribution < -0.4 is 11.1 Å². The van der Waals surface area contributed by atoms with Crippen LogP contribution in [0.4, 0.5) is 11.1 Å². The zero-order chi connectivity index (χ0) is 11.4. The third-order valence-electron chi connectivity index (χ3n) is 1.98. The zero-order valence-corrected chi connectivity index (χ0v) is 9.75. The van der Waals surface area contributed by atoms with Gasteiger partial charge >= 0.3 is 6.01 Å². The molecule has 2 aromatic heterocycles. The molecule has 3 N–H and O–H groups in total. The molecule has 0 aliphatic rings. The molecule has 0 spiro atoms. The Morgan fingerprint density at radius 2 is 2.38 bits per heavy atom. The molecule has 0 fully saturated rings. The second kappa shape index (κ2) is 4.93. The quantitative estimate of drug-likeness (QED) is 0.768. The number of hydrogen-bond acceptors (Lipinski definition) is 7. The van der Waals surface area contributed by atoms with E-state index in [1.165, 1.54) is 11.3 Å². The van der Waals surface area contributed by atoms with Gasteiger partial charge in [0.2, 0.25) is 5.89 Å². The molecule has 0 aliphatic heterocycles. The molecule has 0 aromatic carbocycles. The average Bonchev–Trinajstić information content (AvgIpc) is 2.83. The minimum absolute atomic E-state index is 0.468. The monoisotopic (exact) mass is 239 g/mol. The maximum absolute atomic E-state index is 5.54. The molecular weight excluding hydrogens is 226 g/mol. The number of nitrogens with one attached hydrogen (secondary N) is 1. The van der Waals surface area contributed by atoms with Gasteiger partial charge in [0.1, 0.15) is 0 Å². The van der Waals surface area contributed by atoms with Crippen molar-refractivity contribution in [3.05, 3.63) is 17.0 Å². The van der Waals surface area contributed by atoms with E-state index >= 15 is 0 Å². The lowest BCUT2D eigenvalue weighted by molar-refractivity contribution is 0.530. The minimum atomic E-state index is 0.468. The molecule has 0 saturated carbocycles. The number of hydrogen-bond donors (Lipinski definition) is 2.